The van der Waals surface area contributed by atoms with Crippen LogP contribution in [0.5, 0.6) is 0 Å². The lowest BCUT2D eigenvalue weighted by atomic mass is 9.93. The highest BCUT2D eigenvalue weighted by Gasteiger charge is 2.21. The molecule has 2 aromatic heterocycles. The number of aliphatic imine (C=N–C) groups is 2. The van der Waals surface area contributed by atoms with Crippen LogP contribution in [0.4, 0.5) is 0 Å². The van der Waals surface area contributed by atoms with Crippen LogP contribution in [0.2, 0.25) is 0 Å². The molecule has 11 rings (SSSR count). The third-order valence-electron chi connectivity index (χ3n) is 11.4. The Hall–Kier alpha value is -7.14. The van der Waals surface area contributed by atoms with Gasteiger partial charge >= 0.3 is 0 Å². The lowest BCUT2D eigenvalue weighted by Gasteiger charge is -2.13. The second-order valence-electron chi connectivity index (χ2n) is 15.1. The van der Waals surface area contributed by atoms with Gasteiger partial charge in [0.05, 0.1) is 11.4 Å². The fourth-order valence-electron chi connectivity index (χ4n) is 8.55. The second-order valence-corrected chi connectivity index (χ2v) is 16.2. The highest BCUT2D eigenvalue weighted by atomic mass is 32.1. The first-order chi connectivity index (χ1) is 29.2. The molecular weight excluding hydrogens is 737 g/mol. The maximum atomic E-state index is 6.68. The number of hydrogen-bond donors (Lipinski definition) is 0. The summed E-state index contributed by atoms with van der Waals surface area (Å²) in [6, 6.07) is 66.9. The van der Waals surface area contributed by atoms with Crippen molar-refractivity contribution >= 4 is 70.7 Å². The molecule has 0 spiro atoms. The van der Waals surface area contributed by atoms with E-state index in [1.165, 1.54) is 42.4 Å². The van der Waals surface area contributed by atoms with Gasteiger partial charge in [0.15, 0.2) is 5.84 Å². The number of furan rings is 1. The summed E-state index contributed by atoms with van der Waals surface area (Å²) >= 11 is 1.85. The summed E-state index contributed by atoms with van der Waals surface area (Å²) in [5.74, 6) is 0.701. The van der Waals surface area contributed by atoms with Crippen LogP contribution in [-0.2, 0) is 0 Å². The molecule has 1 aliphatic heterocycles. The Kier molecular flexibility index (Phi) is 8.90. The quantitative estimate of drug-likeness (QED) is 0.166. The number of nitrogens with zero attached hydrogens (tertiary/aromatic N) is 2. The average Bonchev–Trinajstić information content (AvgIpc) is 3.90. The largest absolute Gasteiger partial charge is 0.456 e. The number of allylic oxidation sites excluding steroid dienone is 1. The number of amidine groups is 1. The highest BCUT2D eigenvalue weighted by molar-refractivity contribution is 7.26. The summed E-state index contributed by atoms with van der Waals surface area (Å²) in [5, 5.41) is 4.75. The predicted molar refractivity (Wildman–Crippen MR) is 251 cm³/mol. The van der Waals surface area contributed by atoms with Crippen LogP contribution in [0, 0.1) is 0 Å². The van der Waals surface area contributed by atoms with Gasteiger partial charge in [-0.15, -0.1) is 11.3 Å². The normalized spacial score (nSPS) is 16.2. The maximum Gasteiger partial charge on any atom is 0.160 e. The minimum absolute atomic E-state index is 0.701. The SMILES string of the molecule is C1=C(c2ccc(-c3ccccc3)cc2)/N=C(c2ccccc2)\N=C(\c2cc(-c3ccc4sc5cccc(-c6ccccc6)c5c4c3)cc3oc4ccccc4c23)CCC/1. The fraction of sp³-hybridized carbons (Fsp3) is 0.0545. The van der Waals surface area contributed by atoms with Crippen molar-refractivity contribution in [3.8, 4) is 33.4 Å². The third kappa shape index (κ3) is 6.58. The van der Waals surface area contributed by atoms with E-state index in [4.69, 9.17) is 14.4 Å². The van der Waals surface area contributed by atoms with E-state index in [2.05, 4.69) is 182 Å². The fourth-order valence-corrected chi connectivity index (χ4v) is 9.66. The van der Waals surface area contributed by atoms with Gasteiger partial charge in [-0.2, -0.15) is 0 Å². The van der Waals surface area contributed by atoms with Crippen LogP contribution >= 0.6 is 11.3 Å². The molecular formula is C55H38N2OS. The summed E-state index contributed by atoms with van der Waals surface area (Å²) in [5.41, 5.74) is 13.9. The van der Waals surface area contributed by atoms with Gasteiger partial charge in [0, 0.05) is 42.1 Å². The zero-order valence-electron chi connectivity index (χ0n) is 32.3. The Bertz CT molecular complexity index is 3260. The molecule has 0 bridgehead atoms. The predicted octanol–water partition coefficient (Wildman–Crippen LogP) is 15.4. The van der Waals surface area contributed by atoms with Crippen molar-refractivity contribution < 1.29 is 4.42 Å². The number of para-hydroxylation sites is 1. The van der Waals surface area contributed by atoms with Crippen molar-refractivity contribution in [3.63, 3.8) is 0 Å². The molecule has 0 fully saturated rings. The molecule has 0 saturated heterocycles. The van der Waals surface area contributed by atoms with Crippen LogP contribution in [0.25, 0.3) is 81.2 Å². The number of benzene rings is 8. The molecule has 59 heavy (non-hydrogen) atoms. The van der Waals surface area contributed by atoms with E-state index in [-0.39, 0.29) is 0 Å². The Morgan fingerprint density at radius 2 is 1.10 bits per heavy atom. The average molecular weight is 775 g/mol. The van der Waals surface area contributed by atoms with Crippen molar-refractivity contribution in [2.45, 2.75) is 19.3 Å². The second kappa shape index (κ2) is 15.0. The number of rotatable bonds is 6. The Morgan fingerprint density at radius 1 is 0.424 bits per heavy atom. The molecule has 0 atom stereocenters. The van der Waals surface area contributed by atoms with Crippen LogP contribution in [0.1, 0.15) is 36.0 Å². The first-order valence-corrected chi connectivity index (χ1v) is 21.1. The molecule has 0 saturated carbocycles. The van der Waals surface area contributed by atoms with Gasteiger partial charge in [-0.1, -0.05) is 158 Å². The van der Waals surface area contributed by atoms with E-state index in [1.807, 2.05) is 23.5 Å². The summed E-state index contributed by atoms with van der Waals surface area (Å²) in [6.45, 7) is 0. The van der Waals surface area contributed by atoms with Gasteiger partial charge in [-0.3, -0.25) is 0 Å². The molecule has 0 amide bonds. The molecule has 4 heteroatoms. The van der Waals surface area contributed by atoms with E-state index in [1.54, 1.807) is 0 Å². The highest BCUT2D eigenvalue weighted by Crippen LogP contribution is 2.43. The summed E-state index contributed by atoms with van der Waals surface area (Å²) in [7, 11) is 0. The minimum Gasteiger partial charge on any atom is -0.456 e. The van der Waals surface area contributed by atoms with Crippen LogP contribution < -0.4 is 0 Å². The Balaban J connectivity index is 1.08. The molecule has 3 heterocycles. The summed E-state index contributed by atoms with van der Waals surface area (Å²) < 4.78 is 9.25. The van der Waals surface area contributed by atoms with Crippen molar-refractivity contribution in [3.05, 3.63) is 211 Å². The maximum absolute atomic E-state index is 6.68. The zero-order chi connectivity index (χ0) is 39.1. The summed E-state index contributed by atoms with van der Waals surface area (Å²) in [4.78, 5) is 10.9. The molecule has 280 valence electrons. The van der Waals surface area contributed by atoms with Gasteiger partial charge in [-0.25, -0.2) is 9.98 Å². The van der Waals surface area contributed by atoms with Gasteiger partial charge in [0.2, 0.25) is 0 Å². The van der Waals surface area contributed by atoms with Crippen molar-refractivity contribution in [2.75, 3.05) is 0 Å². The molecule has 10 aromatic rings. The topological polar surface area (TPSA) is 37.9 Å². The van der Waals surface area contributed by atoms with Crippen LogP contribution in [0.3, 0.4) is 0 Å². The Morgan fingerprint density at radius 3 is 1.90 bits per heavy atom. The molecule has 1 aliphatic rings. The summed E-state index contributed by atoms with van der Waals surface area (Å²) in [6.07, 6.45) is 4.87. The lowest BCUT2D eigenvalue weighted by molar-refractivity contribution is 0.669. The minimum atomic E-state index is 0.701. The molecule has 3 nitrogen and oxygen atoms in total. The van der Waals surface area contributed by atoms with E-state index >= 15 is 0 Å². The van der Waals surface area contributed by atoms with E-state index in [9.17, 15) is 0 Å². The van der Waals surface area contributed by atoms with E-state index in [0.29, 0.717) is 5.84 Å². The van der Waals surface area contributed by atoms with E-state index in [0.717, 1.165) is 80.4 Å². The standard InChI is InChI=1S/C55H38N2OS/c1-4-15-36(16-5-1)37-27-29-39(30-28-37)47-23-11-12-24-48(57-55(56-47)40-19-8-3-9-20-40)45-34-42(35-50-53(45)44-21-10-13-25-49(44)58-50)41-31-32-51-46(33-41)54-43(22-14-26-52(54)59-51)38-17-6-2-7-18-38/h1-10,13-23,25-35H,11-12,24H2/b47-23+,56-55-,57-48+. The third-order valence-corrected chi connectivity index (χ3v) is 12.6. The van der Waals surface area contributed by atoms with Crippen molar-refractivity contribution in [2.24, 2.45) is 9.98 Å². The lowest BCUT2D eigenvalue weighted by Crippen LogP contribution is -2.08. The molecule has 0 radical (unpaired) electrons. The molecule has 0 unspecified atom stereocenters. The number of fused-ring (bicyclic) bond motifs is 6. The van der Waals surface area contributed by atoms with Gasteiger partial charge < -0.3 is 4.42 Å². The van der Waals surface area contributed by atoms with Crippen molar-refractivity contribution in [1.82, 2.24) is 0 Å². The first kappa shape index (κ1) is 35.1. The molecule has 8 aromatic carbocycles. The van der Waals surface area contributed by atoms with Gasteiger partial charge in [0.25, 0.3) is 0 Å². The Labute approximate surface area is 347 Å². The van der Waals surface area contributed by atoms with Gasteiger partial charge in [0.1, 0.15) is 11.2 Å². The first-order valence-electron chi connectivity index (χ1n) is 20.3. The van der Waals surface area contributed by atoms with Gasteiger partial charge in [-0.05, 0) is 94.6 Å². The number of thiophene rings is 1. The molecule has 0 aliphatic carbocycles. The van der Waals surface area contributed by atoms with Crippen LogP contribution in [0.15, 0.2) is 209 Å². The zero-order valence-corrected chi connectivity index (χ0v) is 33.1. The number of hydrogen-bond acceptors (Lipinski definition) is 4. The smallest absolute Gasteiger partial charge is 0.160 e. The monoisotopic (exact) mass is 774 g/mol. The molecule has 0 N–H and O–H groups in total. The van der Waals surface area contributed by atoms with Crippen molar-refractivity contribution in [1.29, 1.82) is 0 Å². The van der Waals surface area contributed by atoms with Crippen LogP contribution in [-0.4, -0.2) is 11.5 Å². The van der Waals surface area contributed by atoms with E-state index < -0.39 is 0 Å².